The summed E-state index contributed by atoms with van der Waals surface area (Å²) in [4.78, 5) is 29.2. The molecule has 0 unspecified atom stereocenters. The molecule has 8 heteroatoms. The van der Waals surface area contributed by atoms with Gasteiger partial charge in [0.25, 0.3) is 0 Å². The zero-order valence-electron chi connectivity index (χ0n) is 18.8. The Kier molecular flexibility index (Phi) is 6.25. The highest BCUT2D eigenvalue weighted by Gasteiger charge is 2.23. The Balaban J connectivity index is 1.35. The van der Waals surface area contributed by atoms with E-state index in [1.54, 1.807) is 0 Å². The van der Waals surface area contributed by atoms with Crippen LogP contribution in [0.5, 0.6) is 0 Å². The molecule has 8 nitrogen and oxygen atoms in total. The van der Waals surface area contributed by atoms with E-state index in [2.05, 4.69) is 44.1 Å². The second kappa shape index (κ2) is 9.08. The van der Waals surface area contributed by atoms with Crippen molar-refractivity contribution < 1.29 is 9.68 Å². The van der Waals surface area contributed by atoms with Gasteiger partial charge >= 0.3 is 0 Å². The second-order valence-electron chi connectivity index (χ2n) is 9.08. The molecule has 0 bridgehead atoms. The summed E-state index contributed by atoms with van der Waals surface area (Å²) in [6, 6.07) is 0. The number of nitrogens with zero attached hydrogens (tertiary/aromatic N) is 6. The molecule has 2 aliphatic carbocycles. The number of aryl methyl sites for hydroxylation is 4. The number of fused-ring (bicyclic) bond motifs is 2. The van der Waals surface area contributed by atoms with Crippen molar-refractivity contribution in [2.24, 2.45) is 15.7 Å². The third kappa shape index (κ3) is 5.24. The van der Waals surface area contributed by atoms with Crippen molar-refractivity contribution in [3.8, 4) is 0 Å². The zero-order valence-corrected chi connectivity index (χ0v) is 18.8. The summed E-state index contributed by atoms with van der Waals surface area (Å²) in [5.41, 5.74) is 5.69. The Morgan fingerprint density at radius 3 is 1.68 bits per heavy atom. The minimum atomic E-state index is -0.244. The largest absolute Gasteiger partial charge is 0.395 e. The monoisotopic (exact) mass is 422 g/mol. The molecule has 0 aromatic carbocycles. The summed E-state index contributed by atoms with van der Waals surface area (Å²) in [5.74, 6) is 1.51. The summed E-state index contributed by atoms with van der Waals surface area (Å²) < 4.78 is 0. The Labute approximate surface area is 183 Å². The fourth-order valence-corrected chi connectivity index (χ4v) is 3.77. The summed E-state index contributed by atoms with van der Waals surface area (Å²) in [5, 5.41) is 8.81. The first-order valence-corrected chi connectivity index (χ1v) is 10.9. The molecule has 0 amide bonds. The molecular weight excluding hydrogens is 392 g/mol. The van der Waals surface area contributed by atoms with Crippen LogP contribution in [-0.2, 0) is 22.5 Å². The van der Waals surface area contributed by atoms with E-state index in [-0.39, 0.29) is 5.41 Å². The fourth-order valence-electron chi connectivity index (χ4n) is 3.77. The van der Waals surface area contributed by atoms with Gasteiger partial charge in [-0.05, 0) is 63.5 Å². The predicted molar refractivity (Wildman–Crippen MR) is 118 cm³/mol. The van der Waals surface area contributed by atoms with Gasteiger partial charge in [-0.2, -0.15) is 0 Å². The normalized spacial score (nSPS) is 18.6. The summed E-state index contributed by atoms with van der Waals surface area (Å²) in [6.07, 6.45) is 9.59. The van der Waals surface area contributed by atoms with E-state index in [1.807, 2.05) is 26.2 Å². The van der Waals surface area contributed by atoms with Crippen molar-refractivity contribution in [1.29, 1.82) is 0 Å². The lowest BCUT2D eigenvalue weighted by Crippen LogP contribution is -2.25. The molecule has 164 valence electrons. The van der Waals surface area contributed by atoms with E-state index in [1.165, 1.54) is 0 Å². The van der Waals surface area contributed by atoms with E-state index < -0.39 is 0 Å². The molecule has 0 spiro atoms. The predicted octanol–water partition coefficient (Wildman–Crippen LogP) is 3.72. The lowest BCUT2D eigenvalue weighted by Gasteiger charge is -2.23. The average molecular weight is 423 g/mol. The van der Waals surface area contributed by atoms with Crippen LogP contribution in [0.15, 0.2) is 22.7 Å². The summed E-state index contributed by atoms with van der Waals surface area (Å²) in [6.45, 7) is 8.81. The van der Waals surface area contributed by atoms with Gasteiger partial charge in [0.2, 0.25) is 0 Å². The van der Waals surface area contributed by atoms with Crippen LogP contribution in [0.25, 0.3) is 0 Å². The minimum absolute atomic E-state index is 0.244. The lowest BCUT2D eigenvalue weighted by molar-refractivity contribution is -0.000313. The second-order valence-corrected chi connectivity index (χ2v) is 9.08. The summed E-state index contributed by atoms with van der Waals surface area (Å²) in [7, 11) is 0. The van der Waals surface area contributed by atoms with Crippen LogP contribution >= 0.6 is 0 Å². The summed E-state index contributed by atoms with van der Waals surface area (Å²) >= 11 is 0. The van der Waals surface area contributed by atoms with Crippen molar-refractivity contribution in [3.05, 3.63) is 46.6 Å². The van der Waals surface area contributed by atoms with Gasteiger partial charge in [-0.15, -0.1) is 0 Å². The van der Waals surface area contributed by atoms with Crippen LogP contribution in [0.2, 0.25) is 0 Å². The van der Waals surface area contributed by atoms with Crippen LogP contribution in [0.1, 0.15) is 73.7 Å². The van der Waals surface area contributed by atoms with Gasteiger partial charge in [-0.3, -0.25) is 0 Å². The van der Waals surface area contributed by atoms with Crippen molar-refractivity contribution >= 4 is 11.4 Å². The van der Waals surface area contributed by atoms with Crippen molar-refractivity contribution in [1.82, 2.24) is 19.9 Å². The Hall–Kier alpha value is -2.90. The molecule has 0 fully saturated rings. The van der Waals surface area contributed by atoms with Crippen LogP contribution in [0.4, 0.5) is 0 Å². The highest BCUT2D eigenvalue weighted by molar-refractivity contribution is 6.01. The SMILES string of the molecule is Cc1ncc2c(n1)C(=NOCC(C)(C)CON=C1CCCc3cnc(C)nc31)CCC2. The number of rotatable bonds is 6. The molecule has 4 rings (SSSR count). The zero-order chi connectivity index (χ0) is 21.8. The number of aromatic nitrogens is 4. The van der Waals surface area contributed by atoms with Crippen molar-refractivity contribution in [2.45, 2.75) is 66.2 Å². The molecule has 2 aliphatic rings. The first-order valence-electron chi connectivity index (χ1n) is 10.9. The van der Waals surface area contributed by atoms with E-state index in [0.29, 0.717) is 13.2 Å². The third-order valence-electron chi connectivity index (χ3n) is 5.50. The number of hydrogen-bond donors (Lipinski definition) is 0. The standard InChI is InChI=1S/C23H30N6O2/c1-15-24-11-17-7-5-9-19(21(17)26-15)28-30-13-23(3,4)14-31-29-20-10-6-8-18-12-25-16(2)27-22(18)20/h11-12H,5-10,13-14H2,1-4H3. The van der Waals surface area contributed by atoms with E-state index in [9.17, 15) is 0 Å². The molecule has 0 saturated carbocycles. The quantitative estimate of drug-likeness (QED) is 0.659. The topological polar surface area (TPSA) is 94.7 Å². The molecule has 0 aliphatic heterocycles. The third-order valence-corrected chi connectivity index (χ3v) is 5.50. The van der Waals surface area contributed by atoms with Gasteiger partial charge in [-0.25, -0.2) is 19.9 Å². The molecule has 0 radical (unpaired) electrons. The van der Waals surface area contributed by atoms with Gasteiger partial charge in [0.15, 0.2) is 0 Å². The average Bonchev–Trinajstić information content (AvgIpc) is 2.74. The molecule has 31 heavy (non-hydrogen) atoms. The van der Waals surface area contributed by atoms with Gasteiger partial charge in [0.05, 0.1) is 11.4 Å². The van der Waals surface area contributed by atoms with Crippen LogP contribution in [0, 0.1) is 19.3 Å². The van der Waals surface area contributed by atoms with Crippen molar-refractivity contribution in [3.63, 3.8) is 0 Å². The number of hydrogen-bond acceptors (Lipinski definition) is 8. The van der Waals surface area contributed by atoms with Crippen LogP contribution < -0.4 is 0 Å². The Morgan fingerprint density at radius 1 is 0.774 bits per heavy atom. The number of oxime groups is 2. The maximum atomic E-state index is 5.73. The molecule has 0 atom stereocenters. The fraction of sp³-hybridized carbons (Fsp3) is 0.565. The van der Waals surface area contributed by atoms with E-state index >= 15 is 0 Å². The first-order chi connectivity index (χ1) is 14.9. The highest BCUT2D eigenvalue weighted by Crippen LogP contribution is 2.23. The molecular formula is C23H30N6O2. The Bertz CT molecular complexity index is 936. The lowest BCUT2D eigenvalue weighted by atomic mass is 9.95. The first kappa shape index (κ1) is 21.3. The molecule has 2 aromatic rings. The Morgan fingerprint density at radius 2 is 1.23 bits per heavy atom. The maximum absolute atomic E-state index is 5.73. The van der Waals surface area contributed by atoms with E-state index in [0.717, 1.165) is 84.1 Å². The van der Waals surface area contributed by atoms with Crippen LogP contribution in [0.3, 0.4) is 0 Å². The highest BCUT2D eigenvalue weighted by atomic mass is 16.6. The van der Waals surface area contributed by atoms with Gasteiger partial charge in [0, 0.05) is 17.8 Å². The van der Waals surface area contributed by atoms with Gasteiger partial charge < -0.3 is 9.68 Å². The molecule has 0 saturated heterocycles. The van der Waals surface area contributed by atoms with Gasteiger partial charge in [0.1, 0.15) is 36.3 Å². The maximum Gasteiger partial charge on any atom is 0.125 e. The molecule has 0 N–H and O–H groups in total. The van der Waals surface area contributed by atoms with Crippen molar-refractivity contribution in [2.75, 3.05) is 13.2 Å². The molecule has 2 heterocycles. The van der Waals surface area contributed by atoms with Crippen LogP contribution in [-0.4, -0.2) is 44.6 Å². The smallest absolute Gasteiger partial charge is 0.125 e. The minimum Gasteiger partial charge on any atom is -0.395 e. The molecule has 2 aromatic heterocycles. The van der Waals surface area contributed by atoms with Gasteiger partial charge in [-0.1, -0.05) is 24.2 Å². The van der Waals surface area contributed by atoms with E-state index in [4.69, 9.17) is 9.68 Å².